The van der Waals surface area contributed by atoms with Crippen molar-refractivity contribution in [3.63, 3.8) is 0 Å². The minimum atomic E-state index is -1.03. The normalized spacial score (nSPS) is 12.1. The van der Waals surface area contributed by atoms with Gasteiger partial charge in [0.05, 0.1) is 5.52 Å². The Balaban J connectivity index is 2.20. The highest BCUT2D eigenvalue weighted by Crippen LogP contribution is 2.12. The van der Waals surface area contributed by atoms with Gasteiger partial charge in [-0.05, 0) is 18.6 Å². The number of carbonyl (C=O) groups excluding carboxylic acids is 1. The number of hydrogen-bond donors (Lipinski definition) is 2. The number of nitrogens with zero attached hydrogens (tertiary/aromatic N) is 1. The molecule has 0 saturated heterocycles. The molecule has 2 N–H and O–H groups in total. The molecule has 2 aromatic rings. The fraction of sp³-hybridized carbons (Fsp3) is 0.267. The lowest BCUT2D eigenvalue weighted by Crippen LogP contribution is -2.40. The fourth-order valence-electron chi connectivity index (χ4n) is 1.97. The van der Waals surface area contributed by atoms with E-state index in [-0.39, 0.29) is 5.69 Å². The second-order valence-electron chi connectivity index (χ2n) is 4.54. The summed E-state index contributed by atoms with van der Waals surface area (Å²) < 4.78 is 0. The highest BCUT2D eigenvalue weighted by Gasteiger charge is 2.20. The lowest BCUT2D eigenvalue weighted by atomic mass is 10.1. The predicted molar refractivity (Wildman–Crippen MR) is 75.5 cm³/mol. The van der Waals surface area contributed by atoms with Gasteiger partial charge in [0.1, 0.15) is 11.7 Å². The van der Waals surface area contributed by atoms with E-state index in [9.17, 15) is 9.59 Å². The van der Waals surface area contributed by atoms with Crippen molar-refractivity contribution in [1.82, 2.24) is 10.3 Å². The maximum Gasteiger partial charge on any atom is 0.326 e. The summed E-state index contributed by atoms with van der Waals surface area (Å²) in [5, 5.41) is 12.5. The molecule has 104 valence electrons. The van der Waals surface area contributed by atoms with Crippen LogP contribution < -0.4 is 5.32 Å². The van der Waals surface area contributed by atoms with Crippen LogP contribution in [-0.2, 0) is 4.79 Å². The number of para-hydroxylation sites is 1. The monoisotopic (exact) mass is 272 g/mol. The summed E-state index contributed by atoms with van der Waals surface area (Å²) in [4.78, 5) is 27.3. The average molecular weight is 272 g/mol. The van der Waals surface area contributed by atoms with Gasteiger partial charge < -0.3 is 10.4 Å². The van der Waals surface area contributed by atoms with Crippen molar-refractivity contribution in [2.45, 2.75) is 25.8 Å². The Morgan fingerprint density at radius 3 is 2.70 bits per heavy atom. The molecule has 20 heavy (non-hydrogen) atoms. The molecule has 0 aliphatic heterocycles. The maximum atomic E-state index is 12.0. The SMILES string of the molecule is CCCC(NC(=O)c1ccc2ccccc2n1)C(=O)O. The molecule has 0 saturated carbocycles. The van der Waals surface area contributed by atoms with E-state index in [1.54, 1.807) is 12.1 Å². The number of carbonyl (C=O) groups is 2. The molecule has 1 atom stereocenters. The Kier molecular flexibility index (Phi) is 4.30. The third-order valence-electron chi connectivity index (χ3n) is 3.01. The largest absolute Gasteiger partial charge is 0.480 e. The van der Waals surface area contributed by atoms with Crippen LogP contribution in [0, 0.1) is 0 Å². The van der Waals surface area contributed by atoms with Gasteiger partial charge in [0.25, 0.3) is 5.91 Å². The molecule has 0 bridgehead atoms. The number of hydrogen-bond acceptors (Lipinski definition) is 3. The predicted octanol–water partition coefficient (Wildman–Crippen LogP) is 2.22. The van der Waals surface area contributed by atoms with Gasteiger partial charge in [0, 0.05) is 5.39 Å². The van der Waals surface area contributed by atoms with E-state index >= 15 is 0 Å². The zero-order valence-electron chi connectivity index (χ0n) is 11.2. The minimum Gasteiger partial charge on any atom is -0.480 e. The quantitative estimate of drug-likeness (QED) is 0.874. The van der Waals surface area contributed by atoms with Gasteiger partial charge in [0.2, 0.25) is 0 Å². The smallest absolute Gasteiger partial charge is 0.326 e. The van der Waals surface area contributed by atoms with Crippen molar-refractivity contribution < 1.29 is 14.7 Å². The van der Waals surface area contributed by atoms with Gasteiger partial charge in [-0.25, -0.2) is 9.78 Å². The third kappa shape index (κ3) is 3.12. The van der Waals surface area contributed by atoms with E-state index in [1.807, 2.05) is 31.2 Å². The molecule has 1 aromatic heterocycles. The number of nitrogens with one attached hydrogen (secondary N) is 1. The van der Waals surface area contributed by atoms with E-state index in [1.165, 1.54) is 0 Å². The van der Waals surface area contributed by atoms with Crippen LogP contribution in [0.1, 0.15) is 30.3 Å². The Morgan fingerprint density at radius 2 is 2.00 bits per heavy atom. The van der Waals surface area contributed by atoms with Gasteiger partial charge in [-0.15, -0.1) is 0 Å². The van der Waals surface area contributed by atoms with Gasteiger partial charge in [-0.1, -0.05) is 37.6 Å². The molecule has 5 nitrogen and oxygen atoms in total. The van der Waals surface area contributed by atoms with Gasteiger partial charge in [-0.3, -0.25) is 4.79 Å². The minimum absolute atomic E-state index is 0.228. The topological polar surface area (TPSA) is 79.3 Å². The number of aromatic nitrogens is 1. The molecule has 0 radical (unpaired) electrons. The summed E-state index contributed by atoms with van der Waals surface area (Å²) in [7, 11) is 0. The lowest BCUT2D eigenvalue weighted by Gasteiger charge is -2.13. The van der Waals surface area contributed by atoms with E-state index < -0.39 is 17.9 Å². The number of rotatable bonds is 5. The summed E-state index contributed by atoms with van der Waals surface area (Å²) in [6.45, 7) is 1.87. The van der Waals surface area contributed by atoms with Crippen LogP contribution in [0.25, 0.3) is 10.9 Å². The van der Waals surface area contributed by atoms with Crippen LogP contribution in [0.5, 0.6) is 0 Å². The first-order valence-corrected chi connectivity index (χ1v) is 6.51. The number of pyridine rings is 1. The highest BCUT2D eigenvalue weighted by molar-refractivity contribution is 5.96. The molecule has 1 unspecified atom stereocenters. The van der Waals surface area contributed by atoms with Crippen molar-refractivity contribution in [3.8, 4) is 0 Å². The van der Waals surface area contributed by atoms with Gasteiger partial charge in [0.15, 0.2) is 0 Å². The molecule has 0 aliphatic carbocycles. The fourth-order valence-corrected chi connectivity index (χ4v) is 1.97. The number of carboxylic acids is 1. The summed E-state index contributed by atoms with van der Waals surface area (Å²) in [5.41, 5.74) is 0.938. The van der Waals surface area contributed by atoms with E-state index in [2.05, 4.69) is 10.3 Å². The number of benzene rings is 1. The summed E-state index contributed by atoms with van der Waals surface area (Å²) >= 11 is 0. The molecule has 5 heteroatoms. The van der Waals surface area contributed by atoms with Crippen LogP contribution in [0.3, 0.4) is 0 Å². The zero-order chi connectivity index (χ0) is 14.5. The van der Waals surface area contributed by atoms with Crippen molar-refractivity contribution >= 4 is 22.8 Å². The Bertz CT molecular complexity index is 640. The molecule has 0 fully saturated rings. The number of carboxylic acid groups (broad SMARTS) is 1. The van der Waals surface area contributed by atoms with E-state index in [4.69, 9.17) is 5.11 Å². The molecular formula is C15H16N2O3. The van der Waals surface area contributed by atoms with Crippen molar-refractivity contribution in [3.05, 3.63) is 42.1 Å². The van der Waals surface area contributed by atoms with Crippen LogP contribution in [0.4, 0.5) is 0 Å². The van der Waals surface area contributed by atoms with E-state index in [0.717, 1.165) is 5.39 Å². The zero-order valence-corrected chi connectivity index (χ0v) is 11.2. The highest BCUT2D eigenvalue weighted by atomic mass is 16.4. The van der Waals surface area contributed by atoms with Crippen molar-refractivity contribution in [2.75, 3.05) is 0 Å². The summed E-state index contributed by atoms with van der Waals surface area (Å²) in [6, 6.07) is 9.98. The number of aliphatic carboxylic acids is 1. The second kappa shape index (κ2) is 6.14. The average Bonchev–Trinajstić information content (AvgIpc) is 2.46. The maximum absolute atomic E-state index is 12.0. The standard InChI is InChI=1S/C15H16N2O3/c1-2-5-13(15(19)20)17-14(18)12-9-8-10-6-3-4-7-11(10)16-12/h3-4,6-9,13H,2,5H2,1H3,(H,17,18)(H,19,20). The Hall–Kier alpha value is -2.43. The van der Waals surface area contributed by atoms with Crippen LogP contribution >= 0.6 is 0 Å². The first-order valence-electron chi connectivity index (χ1n) is 6.51. The molecular weight excluding hydrogens is 256 g/mol. The van der Waals surface area contributed by atoms with Crippen LogP contribution in [-0.4, -0.2) is 28.0 Å². The lowest BCUT2D eigenvalue weighted by molar-refractivity contribution is -0.139. The molecule has 2 rings (SSSR count). The van der Waals surface area contributed by atoms with Gasteiger partial charge >= 0.3 is 5.97 Å². The van der Waals surface area contributed by atoms with Gasteiger partial charge in [-0.2, -0.15) is 0 Å². The summed E-state index contributed by atoms with van der Waals surface area (Å²) in [6.07, 6.45) is 1.08. The van der Waals surface area contributed by atoms with E-state index in [0.29, 0.717) is 18.4 Å². The molecule has 1 aromatic carbocycles. The third-order valence-corrected chi connectivity index (χ3v) is 3.01. The summed E-state index contributed by atoms with van der Waals surface area (Å²) in [5.74, 6) is -1.49. The Labute approximate surface area is 116 Å². The van der Waals surface area contributed by atoms with Crippen LogP contribution in [0.15, 0.2) is 36.4 Å². The number of fused-ring (bicyclic) bond motifs is 1. The molecule has 0 aliphatic rings. The second-order valence-corrected chi connectivity index (χ2v) is 4.54. The first kappa shape index (κ1) is 14.0. The molecule has 0 spiro atoms. The molecule has 1 amide bonds. The first-order chi connectivity index (χ1) is 9.61. The van der Waals surface area contributed by atoms with Crippen molar-refractivity contribution in [1.29, 1.82) is 0 Å². The number of amides is 1. The van der Waals surface area contributed by atoms with Crippen molar-refractivity contribution in [2.24, 2.45) is 0 Å². The Morgan fingerprint density at radius 1 is 1.25 bits per heavy atom. The van der Waals surface area contributed by atoms with Crippen LogP contribution in [0.2, 0.25) is 0 Å². The molecule has 1 heterocycles.